The van der Waals surface area contributed by atoms with Gasteiger partial charge in [0.1, 0.15) is 0 Å². The summed E-state index contributed by atoms with van der Waals surface area (Å²) in [7, 11) is -1.34. The van der Waals surface area contributed by atoms with Gasteiger partial charge in [-0.15, -0.1) is 0 Å². The molecule has 0 heterocycles. The Labute approximate surface area is 110 Å². The van der Waals surface area contributed by atoms with Crippen molar-refractivity contribution in [2.45, 2.75) is 27.7 Å². The minimum absolute atomic E-state index is 0.125. The Morgan fingerprint density at radius 3 is 1.39 bits per heavy atom. The Balaban J connectivity index is 0. The quantitative estimate of drug-likeness (QED) is 0.577. The smallest absolute Gasteiger partial charge is 0.423 e. The molecule has 0 aliphatic heterocycles. The minimum atomic E-state index is -1.34. The van der Waals surface area contributed by atoms with Crippen LogP contribution in [0, 0.1) is 5.41 Å². The molecule has 0 amide bonds. The molecule has 0 bridgehead atoms. The summed E-state index contributed by atoms with van der Waals surface area (Å²) >= 11 is 0. The van der Waals surface area contributed by atoms with Gasteiger partial charge in [0.15, 0.2) is 0 Å². The van der Waals surface area contributed by atoms with Crippen molar-refractivity contribution < 1.29 is 20.3 Å². The number of aliphatic hydroxyl groups excluding tert-OH is 2. The standard InChI is InChI=1S/C6H7BO2.C5H12.C2H6O2/c8-7(9)6-4-2-1-3-5-6;1-5(2,3)4;3-1-2-4/h1-5,8-9H;1-4H3;3-4H,1-2H2. The number of rotatable bonds is 2. The minimum Gasteiger partial charge on any atom is -0.423 e. The maximum Gasteiger partial charge on any atom is 0.488 e. The molecule has 0 fully saturated rings. The Bertz CT molecular complexity index is 262. The Morgan fingerprint density at radius 2 is 1.22 bits per heavy atom. The molecule has 0 radical (unpaired) electrons. The number of hydrogen-bond donors (Lipinski definition) is 4. The van der Waals surface area contributed by atoms with Crippen molar-refractivity contribution in [3.8, 4) is 0 Å². The molecule has 0 aromatic heterocycles. The highest BCUT2D eigenvalue weighted by Gasteiger charge is 2.07. The van der Waals surface area contributed by atoms with Crippen molar-refractivity contribution in [2.75, 3.05) is 13.2 Å². The first kappa shape index (κ1) is 19.5. The predicted octanol–water partition coefficient (Wildman–Crippen LogP) is 0.390. The lowest BCUT2D eigenvalue weighted by atomic mass is 9.81. The molecule has 5 heteroatoms. The van der Waals surface area contributed by atoms with Crippen LogP contribution in [-0.2, 0) is 0 Å². The van der Waals surface area contributed by atoms with E-state index in [1.165, 1.54) is 0 Å². The van der Waals surface area contributed by atoms with E-state index < -0.39 is 7.12 Å². The van der Waals surface area contributed by atoms with Crippen molar-refractivity contribution in [2.24, 2.45) is 5.41 Å². The first-order chi connectivity index (χ1) is 8.22. The third-order valence-electron chi connectivity index (χ3n) is 1.20. The number of hydrogen-bond acceptors (Lipinski definition) is 4. The second-order valence-corrected chi connectivity index (χ2v) is 5.23. The van der Waals surface area contributed by atoms with Gasteiger partial charge in [-0.25, -0.2) is 0 Å². The van der Waals surface area contributed by atoms with Crippen LogP contribution in [0.15, 0.2) is 30.3 Å². The first-order valence-corrected chi connectivity index (χ1v) is 5.85. The van der Waals surface area contributed by atoms with E-state index >= 15 is 0 Å². The highest BCUT2D eigenvalue weighted by molar-refractivity contribution is 6.58. The molecule has 4 N–H and O–H groups in total. The topological polar surface area (TPSA) is 80.9 Å². The van der Waals surface area contributed by atoms with Crippen LogP contribution in [0.4, 0.5) is 0 Å². The van der Waals surface area contributed by atoms with Crippen LogP contribution in [0.25, 0.3) is 0 Å². The molecule has 1 aromatic carbocycles. The van der Waals surface area contributed by atoms with Crippen LogP contribution in [0.3, 0.4) is 0 Å². The van der Waals surface area contributed by atoms with Gasteiger partial charge in [0.25, 0.3) is 0 Å². The molecule has 0 saturated heterocycles. The van der Waals surface area contributed by atoms with Crippen LogP contribution in [0.5, 0.6) is 0 Å². The lowest BCUT2D eigenvalue weighted by Crippen LogP contribution is -2.29. The molecule has 104 valence electrons. The number of benzene rings is 1. The van der Waals surface area contributed by atoms with Gasteiger partial charge in [-0.05, 0) is 10.9 Å². The zero-order valence-electron chi connectivity index (χ0n) is 11.7. The van der Waals surface area contributed by atoms with E-state index in [0.29, 0.717) is 10.9 Å². The van der Waals surface area contributed by atoms with Gasteiger partial charge in [0.05, 0.1) is 13.2 Å². The summed E-state index contributed by atoms with van der Waals surface area (Å²) in [5.41, 5.74) is 1.03. The highest BCUT2D eigenvalue weighted by Crippen LogP contribution is 2.08. The Kier molecular flexibility index (Phi) is 12.1. The van der Waals surface area contributed by atoms with Crippen molar-refractivity contribution in [3.63, 3.8) is 0 Å². The van der Waals surface area contributed by atoms with Gasteiger partial charge in [-0.2, -0.15) is 0 Å². The molecule has 4 nitrogen and oxygen atoms in total. The molecule has 1 aromatic rings. The largest absolute Gasteiger partial charge is 0.488 e. The lowest BCUT2D eigenvalue weighted by molar-refractivity contribution is 0.186. The van der Waals surface area contributed by atoms with Gasteiger partial charge in [-0.1, -0.05) is 58.0 Å². The molecule has 0 atom stereocenters. The van der Waals surface area contributed by atoms with E-state index in [-0.39, 0.29) is 13.2 Å². The van der Waals surface area contributed by atoms with Crippen LogP contribution < -0.4 is 5.46 Å². The molecule has 0 saturated carbocycles. The van der Waals surface area contributed by atoms with E-state index in [2.05, 4.69) is 27.7 Å². The molecular weight excluding hydrogens is 231 g/mol. The number of aliphatic hydroxyl groups is 2. The highest BCUT2D eigenvalue weighted by atomic mass is 16.4. The Morgan fingerprint density at radius 1 is 0.889 bits per heavy atom. The second kappa shape index (κ2) is 11.2. The third kappa shape index (κ3) is 20.5. The molecule has 0 spiro atoms. The molecular formula is C13H25BO4. The van der Waals surface area contributed by atoms with Gasteiger partial charge >= 0.3 is 7.12 Å². The van der Waals surface area contributed by atoms with Crippen molar-refractivity contribution in [3.05, 3.63) is 30.3 Å². The zero-order chi connectivity index (χ0) is 14.6. The van der Waals surface area contributed by atoms with Crippen LogP contribution >= 0.6 is 0 Å². The SMILES string of the molecule is CC(C)(C)C.OB(O)c1ccccc1.OCCO. The average molecular weight is 256 g/mol. The summed E-state index contributed by atoms with van der Waals surface area (Å²) in [5.74, 6) is 0. The summed E-state index contributed by atoms with van der Waals surface area (Å²) in [6.45, 7) is 8.50. The fourth-order valence-corrected chi connectivity index (χ4v) is 0.625. The van der Waals surface area contributed by atoms with E-state index in [1.54, 1.807) is 24.3 Å². The predicted molar refractivity (Wildman–Crippen MR) is 75.6 cm³/mol. The maximum atomic E-state index is 8.58. The third-order valence-corrected chi connectivity index (χ3v) is 1.20. The normalized spacial score (nSPS) is 9.56. The van der Waals surface area contributed by atoms with Crippen molar-refractivity contribution >= 4 is 12.6 Å². The summed E-state index contributed by atoms with van der Waals surface area (Å²) < 4.78 is 0. The van der Waals surface area contributed by atoms with E-state index in [0.717, 1.165) is 0 Å². The monoisotopic (exact) mass is 256 g/mol. The van der Waals surface area contributed by atoms with Gasteiger partial charge in [-0.3, -0.25) is 0 Å². The molecule has 0 aliphatic carbocycles. The van der Waals surface area contributed by atoms with Gasteiger partial charge in [0.2, 0.25) is 0 Å². The zero-order valence-corrected chi connectivity index (χ0v) is 11.7. The molecule has 0 aliphatic rings. The molecule has 18 heavy (non-hydrogen) atoms. The van der Waals surface area contributed by atoms with E-state index in [4.69, 9.17) is 20.3 Å². The fraction of sp³-hybridized carbons (Fsp3) is 0.538. The van der Waals surface area contributed by atoms with Crippen LogP contribution in [0.2, 0.25) is 0 Å². The summed E-state index contributed by atoms with van der Waals surface area (Å²) in [6.07, 6.45) is 0. The van der Waals surface area contributed by atoms with Crippen LogP contribution in [-0.4, -0.2) is 40.6 Å². The van der Waals surface area contributed by atoms with E-state index in [9.17, 15) is 0 Å². The molecule has 1 rings (SSSR count). The van der Waals surface area contributed by atoms with Crippen LogP contribution in [0.1, 0.15) is 27.7 Å². The van der Waals surface area contributed by atoms with E-state index in [1.807, 2.05) is 6.07 Å². The average Bonchev–Trinajstić information content (AvgIpc) is 2.28. The molecule has 0 unspecified atom stereocenters. The summed E-state index contributed by atoms with van der Waals surface area (Å²) in [5, 5.41) is 32.4. The first-order valence-electron chi connectivity index (χ1n) is 5.85. The van der Waals surface area contributed by atoms with Gasteiger partial charge in [0, 0.05) is 0 Å². The Hall–Kier alpha value is -0.875. The van der Waals surface area contributed by atoms with Gasteiger partial charge < -0.3 is 20.3 Å². The summed E-state index contributed by atoms with van der Waals surface area (Å²) in [4.78, 5) is 0. The maximum absolute atomic E-state index is 8.58. The fourth-order valence-electron chi connectivity index (χ4n) is 0.625. The second-order valence-electron chi connectivity index (χ2n) is 5.23. The van der Waals surface area contributed by atoms with Crippen molar-refractivity contribution in [1.29, 1.82) is 0 Å². The van der Waals surface area contributed by atoms with Crippen molar-refractivity contribution in [1.82, 2.24) is 0 Å². The lowest BCUT2D eigenvalue weighted by Gasteiger charge is -2.05. The summed E-state index contributed by atoms with van der Waals surface area (Å²) in [6, 6.07) is 8.66.